The normalized spacial score (nSPS) is 17.2. The lowest BCUT2D eigenvalue weighted by atomic mass is 10.1. The molecule has 1 saturated carbocycles. The third-order valence-electron chi connectivity index (χ3n) is 3.33. The van der Waals surface area contributed by atoms with E-state index in [0.29, 0.717) is 5.41 Å². The summed E-state index contributed by atoms with van der Waals surface area (Å²) in [4.78, 5) is 2.15. The monoisotopic (exact) mass is 222 g/mol. The lowest BCUT2D eigenvalue weighted by Gasteiger charge is -2.25. The standard InChI is InChI=1S/C13H19FN2/c1-15-9-13(6-7-13)10-16(2)12-5-3-4-11(14)8-12/h3-5,8,15H,6-7,9-10H2,1-2H3. The number of anilines is 1. The lowest BCUT2D eigenvalue weighted by molar-refractivity contribution is 0.482. The molecule has 0 bridgehead atoms. The van der Waals surface area contributed by atoms with Crippen LogP contribution in [-0.4, -0.2) is 27.2 Å². The van der Waals surface area contributed by atoms with E-state index in [0.717, 1.165) is 18.8 Å². The van der Waals surface area contributed by atoms with Crippen LogP contribution in [0.3, 0.4) is 0 Å². The summed E-state index contributed by atoms with van der Waals surface area (Å²) in [5.41, 5.74) is 1.37. The molecule has 2 rings (SSSR count). The first-order valence-electron chi connectivity index (χ1n) is 5.77. The zero-order valence-electron chi connectivity index (χ0n) is 9.96. The van der Waals surface area contributed by atoms with E-state index in [1.807, 2.05) is 20.2 Å². The van der Waals surface area contributed by atoms with Crippen LogP contribution in [0.5, 0.6) is 0 Å². The second-order valence-electron chi connectivity index (χ2n) is 4.87. The van der Waals surface area contributed by atoms with Crippen LogP contribution in [0.4, 0.5) is 10.1 Å². The van der Waals surface area contributed by atoms with Crippen molar-refractivity contribution in [2.45, 2.75) is 12.8 Å². The summed E-state index contributed by atoms with van der Waals surface area (Å²) < 4.78 is 13.1. The Morgan fingerprint density at radius 1 is 1.44 bits per heavy atom. The Bertz CT molecular complexity index is 361. The lowest BCUT2D eigenvalue weighted by Crippen LogP contribution is -2.32. The highest BCUT2D eigenvalue weighted by Crippen LogP contribution is 2.45. The topological polar surface area (TPSA) is 15.3 Å². The highest BCUT2D eigenvalue weighted by molar-refractivity contribution is 5.46. The third kappa shape index (κ3) is 2.53. The van der Waals surface area contributed by atoms with Gasteiger partial charge in [-0.15, -0.1) is 0 Å². The SMILES string of the molecule is CNCC1(CN(C)c2cccc(F)c2)CC1. The van der Waals surface area contributed by atoms with E-state index in [9.17, 15) is 4.39 Å². The van der Waals surface area contributed by atoms with Crippen molar-refractivity contribution in [3.8, 4) is 0 Å². The predicted octanol–water partition coefficient (Wildman–Crippen LogP) is 2.26. The van der Waals surface area contributed by atoms with Crippen molar-refractivity contribution < 1.29 is 4.39 Å². The minimum atomic E-state index is -0.164. The summed E-state index contributed by atoms with van der Waals surface area (Å²) in [5.74, 6) is -0.164. The Balaban J connectivity index is 2.00. The van der Waals surface area contributed by atoms with Crippen molar-refractivity contribution in [1.82, 2.24) is 5.32 Å². The molecule has 0 unspecified atom stereocenters. The summed E-state index contributed by atoms with van der Waals surface area (Å²) in [6.45, 7) is 2.05. The molecular formula is C13H19FN2. The largest absolute Gasteiger partial charge is 0.374 e. The van der Waals surface area contributed by atoms with Crippen molar-refractivity contribution in [1.29, 1.82) is 0 Å². The van der Waals surface area contributed by atoms with Crippen molar-refractivity contribution in [3.63, 3.8) is 0 Å². The molecule has 1 aliphatic carbocycles. The molecular weight excluding hydrogens is 203 g/mol. The summed E-state index contributed by atoms with van der Waals surface area (Å²) in [6.07, 6.45) is 2.54. The van der Waals surface area contributed by atoms with E-state index in [2.05, 4.69) is 10.2 Å². The van der Waals surface area contributed by atoms with Crippen LogP contribution in [-0.2, 0) is 0 Å². The quantitative estimate of drug-likeness (QED) is 0.822. The average Bonchev–Trinajstić information content (AvgIpc) is 2.98. The molecule has 88 valence electrons. The van der Waals surface area contributed by atoms with E-state index in [1.54, 1.807) is 12.1 Å². The van der Waals surface area contributed by atoms with Gasteiger partial charge < -0.3 is 10.2 Å². The molecule has 1 aromatic rings. The predicted molar refractivity (Wildman–Crippen MR) is 65.3 cm³/mol. The number of hydrogen-bond donors (Lipinski definition) is 1. The van der Waals surface area contributed by atoms with Gasteiger partial charge in [0.1, 0.15) is 5.82 Å². The first-order chi connectivity index (χ1) is 7.65. The summed E-state index contributed by atoms with van der Waals surface area (Å²) in [7, 11) is 4.02. The molecule has 1 N–H and O–H groups in total. The first-order valence-corrected chi connectivity index (χ1v) is 5.77. The molecule has 1 aliphatic rings. The fourth-order valence-corrected chi connectivity index (χ4v) is 2.25. The van der Waals surface area contributed by atoms with Gasteiger partial charge in [-0.2, -0.15) is 0 Å². The maximum atomic E-state index is 13.1. The molecule has 0 spiro atoms. The minimum absolute atomic E-state index is 0.164. The van der Waals surface area contributed by atoms with Gasteiger partial charge in [-0.05, 0) is 38.1 Å². The van der Waals surface area contributed by atoms with Crippen LogP contribution in [0.25, 0.3) is 0 Å². The molecule has 0 saturated heterocycles. The Morgan fingerprint density at radius 3 is 2.75 bits per heavy atom. The number of benzene rings is 1. The number of nitrogens with one attached hydrogen (secondary N) is 1. The van der Waals surface area contributed by atoms with Crippen LogP contribution >= 0.6 is 0 Å². The molecule has 0 amide bonds. The Labute approximate surface area is 96.5 Å². The number of hydrogen-bond acceptors (Lipinski definition) is 2. The van der Waals surface area contributed by atoms with E-state index < -0.39 is 0 Å². The van der Waals surface area contributed by atoms with Crippen LogP contribution in [0.15, 0.2) is 24.3 Å². The van der Waals surface area contributed by atoms with Gasteiger partial charge in [0.2, 0.25) is 0 Å². The fourth-order valence-electron chi connectivity index (χ4n) is 2.25. The van der Waals surface area contributed by atoms with Crippen molar-refractivity contribution in [2.24, 2.45) is 5.41 Å². The van der Waals surface area contributed by atoms with Gasteiger partial charge >= 0.3 is 0 Å². The molecule has 0 radical (unpaired) electrons. The van der Waals surface area contributed by atoms with Crippen molar-refractivity contribution in [3.05, 3.63) is 30.1 Å². The highest BCUT2D eigenvalue weighted by atomic mass is 19.1. The third-order valence-corrected chi connectivity index (χ3v) is 3.33. The number of rotatable bonds is 5. The molecule has 0 atom stereocenters. The highest BCUT2D eigenvalue weighted by Gasteiger charge is 2.42. The second-order valence-corrected chi connectivity index (χ2v) is 4.87. The fraction of sp³-hybridized carbons (Fsp3) is 0.538. The summed E-state index contributed by atoms with van der Waals surface area (Å²) in [5, 5.41) is 3.24. The van der Waals surface area contributed by atoms with Crippen LogP contribution in [0.2, 0.25) is 0 Å². The smallest absolute Gasteiger partial charge is 0.125 e. The van der Waals surface area contributed by atoms with Gasteiger partial charge in [-0.25, -0.2) is 4.39 Å². The van der Waals surface area contributed by atoms with E-state index in [4.69, 9.17) is 0 Å². The van der Waals surface area contributed by atoms with Crippen molar-refractivity contribution >= 4 is 5.69 Å². The minimum Gasteiger partial charge on any atom is -0.374 e. The van der Waals surface area contributed by atoms with Crippen LogP contribution < -0.4 is 10.2 Å². The Hall–Kier alpha value is -1.09. The first kappa shape index (κ1) is 11.4. The van der Waals surface area contributed by atoms with Gasteiger partial charge in [0.25, 0.3) is 0 Å². The Morgan fingerprint density at radius 2 is 2.19 bits per heavy atom. The molecule has 3 heteroatoms. The average molecular weight is 222 g/mol. The molecule has 0 aromatic heterocycles. The van der Waals surface area contributed by atoms with Gasteiger partial charge in [0, 0.05) is 31.2 Å². The van der Waals surface area contributed by atoms with Gasteiger partial charge in [-0.3, -0.25) is 0 Å². The molecule has 0 heterocycles. The van der Waals surface area contributed by atoms with Gasteiger partial charge in [-0.1, -0.05) is 6.07 Å². The Kier molecular flexibility index (Phi) is 3.15. The summed E-state index contributed by atoms with van der Waals surface area (Å²) >= 11 is 0. The van der Waals surface area contributed by atoms with Gasteiger partial charge in [0.05, 0.1) is 0 Å². The summed E-state index contributed by atoms with van der Waals surface area (Å²) in [6, 6.07) is 6.80. The molecule has 1 aromatic carbocycles. The number of nitrogens with zero attached hydrogens (tertiary/aromatic N) is 1. The number of halogens is 1. The molecule has 0 aliphatic heterocycles. The van der Waals surface area contributed by atoms with Crippen molar-refractivity contribution in [2.75, 3.05) is 32.1 Å². The maximum Gasteiger partial charge on any atom is 0.125 e. The second kappa shape index (κ2) is 4.42. The molecule has 2 nitrogen and oxygen atoms in total. The van der Waals surface area contributed by atoms with E-state index in [-0.39, 0.29) is 5.82 Å². The van der Waals surface area contributed by atoms with E-state index in [1.165, 1.54) is 18.9 Å². The maximum absolute atomic E-state index is 13.1. The van der Waals surface area contributed by atoms with E-state index >= 15 is 0 Å². The zero-order chi connectivity index (χ0) is 11.6. The molecule has 16 heavy (non-hydrogen) atoms. The molecule has 1 fully saturated rings. The zero-order valence-corrected chi connectivity index (χ0v) is 9.96. The van der Waals surface area contributed by atoms with Crippen LogP contribution in [0.1, 0.15) is 12.8 Å². The van der Waals surface area contributed by atoms with Crippen LogP contribution in [0, 0.1) is 11.2 Å². The van der Waals surface area contributed by atoms with Gasteiger partial charge in [0.15, 0.2) is 0 Å².